The molecule has 0 spiro atoms. The minimum absolute atomic E-state index is 0.232. The highest BCUT2D eigenvalue weighted by Crippen LogP contribution is 2.28. The summed E-state index contributed by atoms with van der Waals surface area (Å²) in [4.78, 5) is 12.6. The average molecular weight is 315 g/mol. The maximum absolute atomic E-state index is 12.6. The highest BCUT2D eigenvalue weighted by Gasteiger charge is 2.15. The summed E-state index contributed by atoms with van der Waals surface area (Å²) in [6.07, 6.45) is 0. The fourth-order valence-electron chi connectivity index (χ4n) is 2.97. The molecule has 0 fully saturated rings. The molecule has 3 nitrogen and oxygen atoms in total. The molecule has 4 aromatic rings. The Bertz CT molecular complexity index is 1080. The molecule has 0 saturated heterocycles. The van der Waals surface area contributed by atoms with Gasteiger partial charge in [-0.25, -0.2) is 0 Å². The summed E-state index contributed by atoms with van der Waals surface area (Å²) in [7, 11) is 0. The van der Waals surface area contributed by atoms with Crippen molar-refractivity contribution in [1.29, 1.82) is 0 Å². The molecule has 0 aliphatic rings. The van der Waals surface area contributed by atoms with E-state index in [1.54, 1.807) is 0 Å². The van der Waals surface area contributed by atoms with Gasteiger partial charge in [0.05, 0.1) is 0 Å². The van der Waals surface area contributed by atoms with Gasteiger partial charge in [0.15, 0.2) is 5.76 Å². The summed E-state index contributed by atoms with van der Waals surface area (Å²) in [6.45, 7) is 4.02. The van der Waals surface area contributed by atoms with E-state index < -0.39 is 0 Å². The van der Waals surface area contributed by atoms with Gasteiger partial charge in [-0.3, -0.25) is 4.79 Å². The lowest BCUT2D eigenvalue weighted by Gasteiger charge is -2.08. The number of fused-ring (bicyclic) bond motifs is 3. The predicted molar refractivity (Wildman–Crippen MR) is 97.6 cm³/mol. The van der Waals surface area contributed by atoms with Gasteiger partial charge in [0.2, 0.25) is 0 Å². The standard InChI is InChI=1S/C21H17NO2/c1-13-6-5-9-18(14(13)2)22-21(23)20-12-17-16-8-4-3-7-15(16)10-11-19(17)24-20/h3-12H,1-2H3,(H,22,23). The van der Waals surface area contributed by atoms with Crippen molar-refractivity contribution in [1.82, 2.24) is 0 Å². The maximum atomic E-state index is 12.6. The van der Waals surface area contributed by atoms with Gasteiger partial charge in [0.1, 0.15) is 5.58 Å². The molecule has 3 aromatic carbocycles. The van der Waals surface area contributed by atoms with Gasteiger partial charge in [-0.15, -0.1) is 0 Å². The molecule has 1 amide bonds. The van der Waals surface area contributed by atoms with Crippen molar-refractivity contribution >= 4 is 33.3 Å². The van der Waals surface area contributed by atoms with Crippen LogP contribution in [0.3, 0.4) is 0 Å². The van der Waals surface area contributed by atoms with E-state index in [1.165, 1.54) is 0 Å². The van der Waals surface area contributed by atoms with Gasteiger partial charge in [-0.2, -0.15) is 0 Å². The van der Waals surface area contributed by atoms with Crippen molar-refractivity contribution in [3.05, 3.63) is 77.6 Å². The average Bonchev–Trinajstić information content (AvgIpc) is 3.04. The Morgan fingerprint density at radius 2 is 1.75 bits per heavy atom. The number of aryl methyl sites for hydroxylation is 1. The smallest absolute Gasteiger partial charge is 0.291 e. The van der Waals surface area contributed by atoms with Crippen LogP contribution in [-0.2, 0) is 0 Å². The Morgan fingerprint density at radius 3 is 2.62 bits per heavy atom. The second-order valence-corrected chi connectivity index (χ2v) is 6.01. The summed E-state index contributed by atoms with van der Waals surface area (Å²) < 4.78 is 5.77. The van der Waals surface area contributed by atoms with Crippen molar-refractivity contribution in [2.45, 2.75) is 13.8 Å². The van der Waals surface area contributed by atoms with Crippen LogP contribution in [-0.4, -0.2) is 5.91 Å². The van der Waals surface area contributed by atoms with Crippen LogP contribution in [0, 0.1) is 13.8 Å². The molecule has 0 bridgehead atoms. The topological polar surface area (TPSA) is 42.2 Å². The summed E-state index contributed by atoms with van der Waals surface area (Å²) >= 11 is 0. The summed E-state index contributed by atoms with van der Waals surface area (Å²) in [5.41, 5.74) is 3.74. The number of hydrogen-bond donors (Lipinski definition) is 1. The van der Waals surface area contributed by atoms with Gasteiger partial charge < -0.3 is 9.73 Å². The Hall–Kier alpha value is -3.07. The van der Waals surface area contributed by atoms with Crippen LogP contribution in [0.1, 0.15) is 21.7 Å². The quantitative estimate of drug-likeness (QED) is 0.534. The van der Waals surface area contributed by atoms with E-state index in [9.17, 15) is 4.79 Å². The first kappa shape index (κ1) is 14.5. The minimum atomic E-state index is -0.232. The first-order valence-corrected chi connectivity index (χ1v) is 7.92. The normalized spacial score (nSPS) is 11.1. The number of hydrogen-bond acceptors (Lipinski definition) is 2. The van der Waals surface area contributed by atoms with Crippen molar-refractivity contribution in [3.63, 3.8) is 0 Å². The zero-order valence-corrected chi connectivity index (χ0v) is 13.6. The van der Waals surface area contributed by atoms with E-state index >= 15 is 0 Å². The highest BCUT2D eigenvalue weighted by atomic mass is 16.3. The molecule has 0 aliphatic carbocycles. The summed E-state index contributed by atoms with van der Waals surface area (Å²) in [6, 6.07) is 19.7. The first-order valence-electron chi connectivity index (χ1n) is 7.92. The Balaban J connectivity index is 1.75. The van der Waals surface area contributed by atoms with Gasteiger partial charge in [0, 0.05) is 11.1 Å². The Kier molecular flexibility index (Phi) is 3.35. The van der Waals surface area contributed by atoms with Crippen LogP contribution in [0.4, 0.5) is 5.69 Å². The molecule has 0 radical (unpaired) electrons. The van der Waals surface area contributed by atoms with Gasteiger partial charge in [-0.1, -0.05) is 42.5 Å². The first-order chi connectivity index (χ1) is 11.6. The number of carbonyl (C=O) groups is 1. The monoisotopic (exact) mass is 315 g/mol. The number of benzene rings is 3. The molecule has 1 N–H and O–H groups in total. The molecule has 1 aromatic heterocycles. The van der Waals surface area contributed by atoms with E-state index in [1.807, 2.05) is 68.4 Å². The lowest BCUT2D eigenvalue weighted by Crippen LogP contribution is -2.12. The van der Waals surface area contributed by atoms with Crippen LogP contribution in [0.5, 0.6) is 0 Å². The minimum Gasteiger partial charge on any atom is -0.451 e. The van der Waals surface area contributed by atoms with Crippen LogP contribution in [0.2, 0.25) is 0 Å². The van der Waals surface area contributed by atoms with E-state index in [0.717, 1.165) is 38.6 Å². The zero-order valence-electron chi connectivity index (χ0n) is 13.6. The molecule has 1 heterocycles. The number of rotatable bonds is 2. The fraction of sp³-hybridized carbons (Fsp3) is 0.0952. The predicted octanol–water partition coefficient (Wildman–Crippen LogP) is 5.46. The van der Waals surface area contributed by atoms with Gasteiger partial charge >= 0.3 is 0 Å². The Labute approximate surface area is 139 Å². The number of carbonyl (C=O) groups excluding carboxylic acids is 1. The number of furan rings is 1. The van der Waals surface area contributed by atoms with Gasteiger partial charge in [0.25, 0.3) is 5.91 Å². The van der Waals surface area contributed by atoms with E-state index in [2.05, 4.69) is 11.4 Å². The summed E-state index contributed by atoms with van der Waals surface area (Å²) in [5.74, 6) is 0.0891. The molecule has 118 valence electrons. The lowest BCUT2D eigenvalue weighted by molar-refractivity contribution is 0.0998. The second-order valence-electron chi connectivity index (χ2n) is 6.01. The summed E-state index contributed by atoms with van der Waals surface area (Å²) in [5, 5.41) is 6.12. The molecule has 24 heavy (non-hydrogen) atoms. The lowest BCUT2D eigenvalue weighted by atomic mass is 10.1. The zero-order chi connectivity index (χ0) is 16.7. The molecular weight excluding hydrogens is 298 g/mol. The van der Waals surface area contributed by atoms with Crippen molar-refractivity contribution in [2.24, 2.45) is 0 Å². The Morgan fingerprint density at radius 1 is 0.917 bits per heavy atom. The number of nitrogens with one attached hydrogen (secondary N) is 1. The van der Waals surface area contributed by atoms with Crippen molar-refractivity contribution in [3.8, 4) is 0 Å². The van der Waals surface area contributed by atoms with E-state index in [-0.39, 0.29) is 5.91 Å². The molecule has 4 rings (SSSR count). The van der Waals surface area contributed by atoms with E-state index in [4.69, 9.17) is 4.42 Å². The molecule has 0 unspecified atom stereocenters. The largest absolute Gasteiger partial charge is 0.451 e. The highest BCUT2D eigenvalue weighted by molar-refractivity contribution is 6.10. The molecule has 0 atom stereocenters. The van der Waals surface area contributed by atoms with Crippen LogP contribution < -0.4 is 5.32 Å². The fourth-order valence-corrected chi connectivity index (χ4v) is 2.97. The molecule has 0 aliphatic heterocycles. The second kappa shape index (κ2) is 5.53. The number of anilines is 1. The van der Waals surface area contributed by atoms with E-state index in [0.29, 0.717) is 5.76 Å². The maximum Gasteiger partial charge on any atom is 0.291 e. The van der Waals surface area contributed by atoms with Crippen molar-refractivity contribution < 1.29 is 9.21 Å². The SMILES string of the molecule is Cc1cccc(NC(=O)c2cc3c(ccc4ccccc43)o2)c1C. The molecule has 3 heteroatoms. The number of amides is 1. The van der Waals surface area contributed by atoms with Crippen molar-refractivity contribution in [2.75, 3.05) is 5.32 Å². The third-order valence-electron chi connectivity index (χ3n) is 4.50. The molecular formula is C21H17NO2. The van der Waals surface area contributed by atoms with Gasteiger partial charge in [-0.05, 0) is 53.9 Å². The van der Waals surface area contributed by atoms with Crippen LogP contribution >= 0.6 is 0 Å². The third-order valence-corrected chi connectivity index (χ3v) is 4.50. The third kappa shape index (κ3) is 2.35. The molecule has 0 saturated carbocycles. The van der Waals surface area contributed by atoms with Crippen LogP contribution in [0.15, 0.2) is 65.1 Å². The van der Waals surface area contributed by atoms with Crippen LogP contribution in [0.25, 0.3) is 21.7 Å².